The molecule has 0 saturated carbocycles. The van der Waals surface area contributed by atoms with Crippen molar-refractivity contribution in [1.82, 2.24) is 20.1 Å². The standard InChI is InChI=1S/C16H20ClFN4/c1-10(2)16-21-20-15-7-6-11(9-22(15)16)19-8-12-13(17)4-3-5-14(12)18/h3-5,10-11,19H,6-9H2,1-2H3. The van der Waals surface area contributed by atoms with Gasteiger partial charge in [-0.05, 0) is 18.6 Å². The Labute approximate surface area is 134 Å². The molecule has 1 aliphatic rings. The van der Waals surface area contributed by atoms with E-state index in [1.165, 1.54) is 6.07 Å². The van der Waals surface area contributed by atoms with Gasteiger partial charge in [-0.1, -0.05) is 31.5 Å². The van der Waals surface area contributed by atoms with E-state index in [1.807, 2.05) is 0 Å². The van der Waals surface area contributed by atoms with Gasteiger partial charge in [-0.15, -0.1) is 10.2 Å². The first kappa shape index (κ1) is 15.4. The van der Waals surface area contributed by atoms with E-state index in [4.69, 9.17) is 11.6 Å². The summed E-state index contributed by atoms with van der Waals surface area (Å²) in [4.78, 5) is 0. The van der Waals surface area contributed by atoms with Gasteiger partial charge in [0, 0.05) is 42.1 Å². The summed E-state index contributed by atoms with van der Waals surface area (Å²) in [6, 6.07) is 5.06. The number of nitrogens with one attached hydrogen (secondary N) is 1. The lowest BCUT2D eigenvalue weighted by Crippen LogP contribution is -2.37. The summed E-state index contributed by atoms with van der Waals surface area (Å²) in [7, 11) is 0. The average Bonchev–Trinajstić information content (AvgIpc) is 2.90. The van der Waals surface area contributed by atoms with Gasteiger partial charge in [0.15, 0.2) is 0 Å². The first-order valence-corrected chi connectivity index (χ1v) is 8.02. The predicted octanol–water partition coefficient (Wildman–Crippen LogP) is 3.30. The fraction of sp³-hybridized carbons (Fsp3) is 0.500. The molecule has 1 aromatic heterocycles. The molecular formula is C16H20ClFN4. The summed E-state index contributed by atoms with van der Waals surface area (Å²) in [5.41, 5.74) is 0.530. The highest BCUT2D eigenvalue weighted by Crippen LogP contribution is 2.22. The van der Waals surface area contributed by atoms with Crippen LogP contribution in [0.1, 0.15) is 43.4 Å². The van der Waals surface area contributed by atoms with Crippen molar-refractivity contribution in [3.05, 3.63) is 46.3 Å². The highest BCUT2D eigenvalue weighted by molar-refractivity contribution is 6.31. The van der Waals surface area contributed by atoms with E-state index in [0.717, 1.165) is 31.0 Å². The number of aryl methyl sites for hydroxylation is 1. The highest BCUT2D eigenvalue weighted by Gasteiger charge is 2.24. The zero-order valence-electron chi connectivity index (χ0n) is 12.8. The third-order valence-corrected chi connectivity index (χ3v) is 4.48. The molecule has 0 saturated heterocycles. The molecule has 1 unspecified atom stereocenters. The third kappa shape index (κ3) is 3.01. The van der Waals surface area contributed by atoms with Crippen LogP contribution in [0, 0.1) is 5.82 Å². The first-order valence-electron chi connectivity index (χ1n) is 7.64. The molecule has 3 rings (SSSR count). The van der Waals surface area contributed by atoms with Gasteiger partial charge >= 0.3 is 0 Å². The van der Waals surface area contributed by atoms with E-state index < -0.39 is 0 Å². The molecule has 4 nitrogen and oxygen atoms in total. The average molecular weight is 323 g/mol. The highest BCUT2D eigenvalue weighted by atomic mass is 35.5. The van der Waals surface area contributed by atoms with Gasteiger partial charge in [0.1, 0.15) is 17.5 Å². The number of nitrogens with zero attached hydrogens (tertiary/aromatic N) is 3. The minimum Gasteiger partial charge on any atom is -0.313 e. The van der Waals surface area contributed by atoms with Crippen molar-refractivity contribution in [2.75, 3.05) is 0 Å². The summed E-state index contributed by atoms with van der Waals surface area (Å²) in [5, 5.41) is 12.4. The molecule has 0 amide bonds. The van der Waals surface area contributed by atoms with Crippen molar-refractivity contribution in [3.63, 3.8) is 0 Å². The van der Waals surface area contributed by atoms with Crippen molar-refractivity contribution >= 4 is 11.6 Å². The molecule has 1 N–H and O–H groups in total. The van der Waals surface area contributed by atoms with E-state index in [-0.39, 0.29) is 11.9 Å². The van der Waals surface area contributed by atoms with Gasteiger partial charge < -0.3 is 9.88 Å². The molecule has 118 valence electrons. The van der Waals surface area contributed by atoms with Gasteiger partial charge in [-0.2, -0.15) is 0 Å². The number of rotatable bonds is 4. The molecule has 1 atom stereocenters. The number of benzene rings is 1. The summed E-state index contributed by atoms with van der Waals surface area (Å²) in [6.07, 6.45) is 1.87. The maximum atomic E-state index is 13.8. The molecule has 1 aromatic carbocycles. The van der Waals surface area contributed by atoms with Crippen LogP contribution >= 0.6 is 11.6 Å². The van der Waals surface area contributed by atoms with Crippen LogP contribution in [-0.2, 0) is 19.5 Å². The third-order valence-electron chi connectivity index (χ3n) is 4.12. The molecule has 2 aromatic rings. The Bertz CT molecular complexity index is 648. The second kappa shape index (κ2) is 6.34. The Morgan fingerprint density at radius 2 is 2.23 bits per heavy atom. The normalized spacial score (nSPS) is 17.8. The summed E-state index contributed by atoms with van der Waals surface area (Å²) in [6.45, 7) is 5.49. The molecule has 0 bridgehead atoms. The van der Waals surface area contributed by atoms with Crippen LogP contribution in [0.25, 0.3) is 0 Å². The second-order valence-corrected chi connectivity index (χ2v) is 6.46. The minimum atomic E-state index is -0.260. The molecule has 2 heterocycles. The van der Waals surface area contributed by atoms with Crippen LogP contribution in [0.3, 0.4) is 0 Å². The number of aromatic nitrogens is 3. The zero-order chi connectivity index (χ0) is 15.7. The monoisotopic (exact) mass is 322 g/mol. The number of halogens is 2. The summed E-state index contributed by atoms with van der Waals surface area (Å²) >= 11 is 6.07. The largest absolute Gasteiger partial charge is 0.313 e. The second-order valence-electron chi connectivity index (χ2n) is 6.06. The van der Waals surface area contributed by atoms with Gasteiger partial charge in [0.2, 0.25) is 0 Å². The predicted molar refractivity (Wildman–Crippen MR) is 84.5 cm³/mol. The van der Waals surface area contributed by atoms with Crippen molar-refractivity contribution < 1.29 is 4.39 Å². The first-order chi connectivity index (χ1) is 10.6. The Morgan fingerprint density at radius 1 is 1.41 bits per heavy atom. The lowest BCUT2D eigenvalue weighted by atomic mass is 10.1. The molecule has 0 radical (unpaired) electrons. The maximum absolute atomic E-state index is 13.8. The lowest BCUT2D eigenvalue weighted by molar-refractivity contribution is 0.368. The molecular weight excluding hydrogens is 303 g/mol. The van der Waals surface area contributed by atoms with Crippen LogP contribution < -0.4 is 5.32 Å². The van der Waals surface area contributed by atoms with Crippen molar-refractivity contribution in [1.29, 1.82) is 0 Å². The van der Waals surface area contributed by atoms with Gasteiger partial charge in [0.25, 0.3) is 0 Å². The Morgan fingerprint density at radius 3 is 2.95 bits per heavy atom. The van der Waals surface area contributed by atoms with Crippen LogP contribution in [0.2, 0.25) is 5.02 Å². The fourth-order valence-corrected chi connectivity index (χ4v) is 3.12. The summed E-state index contributed by atoms with van der Waals surface area (Å²) in [5.74, 6) is 2.15. The number of hydrogen-bond donors (Lipinski definition) is 1. The Kier molecular flexibility index (Phi) is 4.45. The van der Waals surface area contributed by atoms with Gasteiger partial charge in [0.05, 0.1) is 0 Å². The van der Waals surface area contributed by atoms with Crippen LogP contribution in [-0.4, -0.2) is 20.8 Å². The fourth-order valence-electron chi connectivity index (χ4n) is 2.89. The Hall–Kier alpha value is -1.46. The van der Waals surface area contributed by atoms with Crippen LogP contribution in [0.15, 0.2) is 18.2 Å². The van der Waals surface area contributed by atoms with Crippen molar-refractivity contribution in [2.45, 2.75) is 51.7 Å². The van der Waals surface area contributed by atoms with E-state index in [0.29, 0.717) is 23.0 Å². The number of hydrogen-bond acceptors (Lipinski definition) is 3. The Balaban J connectivity index is 1.69. The molecule has 0 fully saturated rings. The van der Waals surface area contributed by atoms with Crippen molar-refractivity contribution in [3.8, 4) is 0 Å². The SMILES string of the molecule is CC(C)c1nnc2n1CC(NCc1c(F)cccc1Cl)CC2. The maximum Gasteiger partial charge on any atom is 0.135 e. The summed E-state index contributed by atoms with van der Waals surface area (Å²) < 4.78 is 16.0. The van der Waals surface area contributed by atoms with Crippen molar-refractivity contribution in [2.24, 2.45) is 0 Å². The molecule has 0 aliphatic carbocycles. The topological polar surface area (TPSA) is 42.7 Å². The van der Waals surface area contributed by atoms with Crippen LogP contribution in [0.5, 0.6) is 0 Å². The van der Waals surface area contributed by atoms with E-state index >= 15 is 0 Å². The van der Waals surface area contributed by atoms with E-state index in [9.17, 15) is 4.39 Å². The minimum absolute atomic E-state index is 0.260. The molecule has 1 aliphatic heterocycles. The molecule has 22 heavy (non-hydrogen) atoms. The quantitative estimate of drug-likeness (QED) is 0.939. The van der Waals surface area contributed by atoms with Crippen LogP contribution in [0.4, 0.5) is 4.39 Å². The van der Waals surface area contributed by atoms with Gasteiger partial charge in [-0.25, -0.2) is 4.39 Å². The zero-order valence-corrected chi connectivity index (χ0v) is 13.6. The van der Waals surface area contributed by atoms with E-state index in [2.05, 4.69) is 33.9 Å². The van der Waals surface area contributed by atoms with E-state index in [1.54, 1.807) is 12.1 Å². The smallest absolute Gasteiger partial charge is 0.135 e. The number of fused-ring (bicyclic) bond motifs is 1. The molecule has 0 spiro atoms. The van der Waals surface area contributed by atoms with Gasteiger partial charge in [-0.3, -0.25) is 0 Å². The lowest BCUT2D eigenvalue weighted by Gasteiger charge is -2.26. The molecule has 6 heteroatoms.